The Kier molecular flexibility index (Phi) is 7.08. The van der Waals surface area contributed by atoms with Crippen LogP contribution in [0.15, 0.2) is 42.5 Å². The lowest BCUT2D eigenvalue weighted by Crippen LogP contribution is -2.47. The van der Waals surface area contributed by atoms with Crippen LogP contribution in [0.1, 0.15) is 75.0 Å². The van der Waals surface area contributed by atoms with E-state index < -0.39 is 23.0 Å². The van der Waals surface area contributed by atoms with Gasteiger partial charge in [-0.2, -0.15) is 0 Å². The van der Waals surface area contributed by atoms with Gasteiger partial charge in [0.2, 0.25) is 0 Å². The lowest BCUT2D eigenvalue weighted by Gasteiger charge is -2.42. The molecular weight excluding hydrogens is 433 g/mol. The highest BCUT2D eigenvalue weighted by atomic mass is 19.1. The Bertz CT molecular complexity index is 1040. The Balaban J connectivity index is 1.52. The summed E-state index contributed by atoms with van der Waals surface area (Å²) in [5, 5.41) is 22.2. The molecule has 1 saturated carbocycles. The van der Waals surface area contributed by atoms with E-state index in [-0.39, 0.29) is 25.4 Å². The second kappa shape index (κ2) is 9.87. The van der Waals surface area contributed by atoms with E-state index in [0.717, 1.165) is 41.5 Å². The minimum atomic E-state index is -1.78. The molecule has 0 spiro atoms. The van der Waals surface area contributed by atoms with Crippen LogP contribution in [0.4, 0.5) is 4.39 Å². The lowest BCUT2D eigenvalue weighted by atomic mass is 9.66. The van der Waals surface area contributed by atoms with E-state index in [9.17, 15) is 19.8 Å². The monoisotopic (exact) mass is 467 g/mol. The smallest absolute Gasteiger partial charge is 0.321 e. The third kappa shape index (κ3) is 4.24. The summed E-state index contributed by atoms with van der Waals surface area (Å²) in [6, 6.07) is 13.4. The van der Waals surface area contributed by atoms with Crippen LogP contribution in [-0.4, -0.2) is 34.7 Å². The van der Waals surface area contributed by atoms with Gasteiger partial charge in [-0.3, -0.25) is 9.59 Å². The summed E-state index contributed by atoms with van der Waals surface area (Å²) >= 11 is 0. The third-order valence-corrected chi connectivity index (χ3v) is 7.72. The zero-order chi connectivity index (χ0) is 24.3. The fourth-order valence-corrected chi connectivity index (χ4v) is 5.74. The van der Waals surface area contributed by atoms with Crippen LogP contribution in [0.3, 0.4) is 0 Å². The molecule has 2 atom stereocenters. The summed E-state index contributed by atoms with van der Waals surface area (Å²) in [7, 11) is 0. The number of carbonyl (C=O) groups is 2. The van der Waals surface area contributed by atoms with Gasteiger partial charge in [0, 0.05) is 18.2 Å². The molecule has 2 aliphatic carbocycles. The van der Waals surface area contributed by atoms with Gasteiger partial charge in [0.25, 0.3) is 0 Å². The maximum Gasteiger partial charge on any atom is 0.321 e. The predicted octanol–water partition coefficient (Wildman–Crippen LogP) is 5.69. The summed E-state index contributed by atoms with van der Waals surface area (Å²) in [5.41, 5.74) is 1.00. The highest BCUT2D eigenvalue weighted by molar-refractivity contribution is 5.98. The van der Waals surface area contributed by atoms with Gasteiger partial charge in [-0.25, -0.2) is 4.39 Å². The molecule has 3 N–H and O–H groups in total. The molecule has 0 amide bonds. The lowest BCUT2D eigenvalue weighted by molar-refractivity contribution is -0.164. The first-order valence-electron chi connectivity index (χ1n) is 12.4. The summed E-state index contributed by atoms with van der Waals surface area (Å²) < 4.78 is 16.5. The molecule has 6 heteroatoms. The Hall–Kier alpha value is -2.73. The van der Waals surface area contributed by atoms with Gasteiger partial charge in [-0.15, -0.1) is 0 Å². The minimum Gasteiger partial charge on any atom is -0.480 e. The number of aliphatic carboxylic acids is 2. The van der Waals surface area contributed by atoms with Crippen LogP contribution in [0.5, 0.6) is 0 Å². The molecule has 0 heterocycles. The summed E-state index contributed by atoms with van der Waals surface area (Å²) in [5.74, 6) is -2.63. The molecular formula is C28H34FNO4. The first-order valence-corrected chi connectivity index (χ1v) is 12.4. The number of carboxylic acid groups (broad SMARTS) is 2. The average Bonchev–Trinajstić information content (AvgIpc) is 3.29. The van der Waals surface area contributed by atoms with Crippen LogP contribution in [0.25, 0.3) is 11.1 Å². The van der Waals surface area contributed by atoms with Gasteiger partial charge >= 0.3 is 11.9 Å². The van der Waals surface area contributed by atoms with Crippen LogP contribution >= 0.6 is 0 Å². The molecule has 0 aliphatic heterocycles. The molecule has 4 rings (SSSR count). The number of nitrogens with one attached hydrogen (secondary N) is 1. The van der Waals surface area contributed by atoms with Gasteiger partial charge in [-0.1, -0.05) is 75.1 Å². The van der Waals surface area contributed by atoms with E-state index in [1.165, 1.54) is 19.3 Å². The van der Waals surface area contributed by atoms with Crippen LogP contribution in [0.2, 0.25) is 0 Å². The molecule has 2 aromatic carbocycles. The number of alkyl halides is 1. The molecule has 2 aliphatic rings. The summed E-state index contributed by atoms with van der Waals surface area (Å²) in [6.45, 7) is 2.21. The highest BCUT2D eigenvalue weighted by Crippen LogP contribution is 2.53. The first kappa shape index (κ1) is 24.4. The van der Waals surface area contributed by atoms with E-state index >= 15 is 4.39 Å². The van der Waals surface area contributed by atoms with E-state index in [0.29, 0.717) is 12.0 Å². The molecule has 2 aromatic rings. The maximum absolute atomic E-state index is 16.5. The predicted molar refractivity (Wildman–Crippen MR) is 130 cm³/mol. The van der Waals surface area contributed by atoms with Gasteiger partial charge in [-0.05, 0) is 54.4 Å². The first-order chi connectivity index (χ1) is 16.3. The number of fused-ring (bicyclic) bond motifs is 2. The molecule has 0 radical (unpaired) electrons. The molecule has 34 heavy (non-hydrogen) atoms. The van der Waals surface area contributed by atoms with Crippen LogP contribution in [-0.2, 0) is 21.7 Å². The van der Waals surface area contributed by atoms with Crippen LogP contribution < -0.4 is 5.32 Å². The molecule has 2 unspecified atom stereocenters. The number of benzene rings is 2. The van der Waals surface area contributed by atoms with Gasteiger partial charge in [0.15, 0.2) is 11.1 Å². The van der Waals surface area contributed by atoms with Crippen molar-refractivity contribution in [1.29, 1.82) is 0 Å². The number of unbranched alkanes of at least 4 members (excludes halogenated alkanes) is 4. The normalized spacial score (nSPS) is 22.4. The van der Waals surface area contributed by atoms with Crippen molar-refractivity contribution in [2.24, 2.45) is 5.41 Å². The number of hydrogen-bond acceptors (Lipinski definition) is 3. The van der Waals surface area contributed by atoms with Gasteiger partial charge < -0.3 is 15.5 Å². The molecule has 0 saturated heterocycles. The molecule has 0 aromatic heterocycles. The SMILES string of the molecule is CCCCCCCc1c2ccc(-c3ccccc3)c1C2(F)CNC1CCC(C(=O)O)(C(=O)O)C1. The van der Waals surface area contributed by atoms with E-state index in [1.54, 1.807) is 0 Å². The second-order valence-corrected chi connectivity index (χ2v) is 9.86. The largest absolute Gasteiger partial charge is 0.480 e. The van der Waals surface area contributed by atoms with Crippen LogP contribution in [0, 0.1) is 5.41 Å². The number of hydrogen-bond donors (Lipinski definition) is 3. The zero-order valence-corrected chi connectivity index (χ0v) is 19.8. The Morgan fingerprint density at radius 1 is 1.03 bits per heavy atom. The molecule has 1 fully saturated rings. The van der Waals surface area contributed by atoms with Gasteiger partial charge in [0.05, 0.1) is 0 Å². The summed E-state index contributed by atoms with van der Waals surface area (Å²) in [6.07, 6.45) is 7.04. The Morgan fingerprint density at radius 3 is 2.38 bits per heavy atom. The number of rotatable bonds is 12. The van der Waals surface area contributed by atoms with E-state index in [2.05, 4.69) is 12.2 Å². The maximum atomic E-state index is 16.5. The van der Waals surface area contributed by atoms with E-state index in [4.69, 9.17) is 0 Å². The van der Waals surface area contributed by atoms with Crippen molar-refractivity contribution in [3.63, 3.8) is 0 Å². The third-order valence-electron chi connectivity index (χ3n) is 7.72. The van der Waals surface area contributed by atoms with Crippen molar-refractivity contribution in [1.82, 2.24) is 5.32 Å². The van der Waals surface area contributed by atoms with Crippen molar-refractivity contribution in [2.75, 3.05) is 6.54 Å². The second-order valence-electron chi connectivity index (χ2n) is 9.86. The van der Waals surface area contributed by atoms with E-state index in [1.807, 2.05) is 42.5 Å². The summed E-state index contributed by atoms with van der Waals surface area (Å²) in [4.78, 5) is 23.3. The van der Waals surface area contributed by atoms with Crippen molar-refractivity contribution in [2.45, 2.75) is 76.4 Å². The molecule has 2 bridgehead atoms. The fraction of sp³-hybridized carbons (Fsp3) is 0.500. The molecule has 5 nitrogen and oxygen atoms in total. The van der Waals surface area contributed by atoms with Crippen molar-refractivity contribution in [3.05, 3.63) is 59.2 Å². The van der Waals surface area contributed by atoms with Crippen molar-refractivity contribution < 1.29 is 24.2 Å². The van der Waals surface area contributed by atoms with Gasteiger partial charge in [0.1, 0.15) is 0 Å². The van der Waals surface area contributed by atoms with Crippen molar-refractivity contribution >= 4 is 11.9 Å². The molecule has 182 valence electrons. The average molecular weight is 468 g/mol. The standard InChI is InChI=1S/C28H34FNO4/c1-2-3-4-5-9-12-22-23-14-13-21(19-10-7-6-8-11-19)24(22)28(23,29)18-30-20-15-16-27(17-20,25(31)32)26(33)34/h6-8,10-11,13-14,20,30H,2-5,9,12,15-18H2,1H3,(H,31,32)(H,33,34). The topological polar surface area (TPSA) is 86.6 Å². The zero-order valence-electron chi connectivity index (χ0n) is 19.8. The number of carboxylic acids is 2. The number of halogens is 1. The fourth-order valence-electron chi connectivity index (χ4n) is 5.74. The highest BCUT2D eigenvalue weighted by Gasteiger charge is 2.53. The minimum absolute atomic E-state index is 0.0255. The Morgan fingerprint density at radius 2 is 1.74 bits per heavy atom. The quantitative estimate of drug-likeness (QED) is 0.276. The van der Waals surface area contributed by atoms with Crippen molar-refractivity contribution in [3.8, 4) is 11.1 Å². The number of aryl methyl sites for hydroxylation is 1. The Labute approximate surface area is 200 Å².